The molecule has 4 N–H and O–H groups in total. The first-order valence-corrected chi connectivity index (χ1v) is 6.69. The van der Waals surface area contributed by atoms with Crippen molar-refractivity contribution in [3.63, 3.8) is 0 Å². The van der Waals surface area contributed by atoms with Gasteiger partial charge in [0.25, 0.3) is 5.91 Å². The van der Waals surface area contributed by atoms with Gasteiger partial charge in [0.2, 0.25) is 0 Å². The van der Waals surface area contributed by atoms with Crippen molar-refractivity contribution < 1.29 is 4.79 Å². The van der Waals surface area contributed by atoms with Crippen LogP contribution in [0, 0.1) is 6.92 Å². The normalized spacial score (nSPS) is 10.7. The molecule has 0 atom stereocenters. The lowest BCUT2D eigenvalue weighted by atomic mass is 10.1. The van der Waals surface area contributed by atoms with Gasteiger partial charge in [0, 0.05) is 31.5 Å². The second kappa shape index (κ2) is 6.85. The van der Waals surface area contributed by atoms with E-state index in [4.69, 9.17) is 5.73 Å². The first-order valence-electron chi connectivity index (χ1n) is 6.69. The Labute approximate surface area is 117 Å². The Kier molecular flexibility index (Phi) is 4.89. The maximum atomic E-state index is 11.9. The molecule has 0 fully saturated rings. The van der Waals surface area contributed by atoms with Crippen molar-refractivity contribution >= 4 is 5.91 Å². The molecule has 0 unspecified atom stereocenters. The second-order valence-corrected chi connectivity index (χ2v) is 4.67. The summed E-state index contributed by atoms with van der Waals surface area (Å²) in [5.74, 6) is -0.148. The van der Waals surface area contributed by atoms with Crippen molar-refractivity contribution in [1.82, 2.24) is 25.1 Å². The van der Waals surface area contributed by atoms with Crippen LogP contribution in [0.2, 0.25) is 0 Å². The highest BCUT2D eigenvalue weighted by atomic mass is 16.1. The molecule has 0 bridgehead atoms. The van der Waals surface area contributed by atoms with E-state index in [9.17, 15) is 4.79 Å². The van der Waals surface area contributed by atoms with Crippen LogP contribution < -0.4 is 11.1 Å². The van der Waals surface area contributed by atoms with E-state index in [0.717, 1.165) is 18.5 Å². The van der Waals surface area contributed by atoms with Gasteiger partial charge in [0.1, 0.15) is 5.69 Å². The van der Waals surface area contributed by atoms with Crippen molar-refractivity contribution in [1.29, 1.82) is 0 Å². The highest BCUT2D eigenvalue weighted by molar-refractivity contribution is 5.91. The number of aromatic nitrogens is 4. The predicted molar refractivity (Wildman–Crippen MR) is 75.3 cm³/mol. The van der Waals surface area contributed by atoms with Gasteiger partial charge < -0.3 is 15.6 Å². The third-order valence-electron chi connectivity index (χ3n) is 3.10. The Morgan fingerprint density at radius 2 is 2.40 bits per heavy atom. The Morgan fingerprint density at radius 1 is 1.55 bits per heavy atom. The van der Waals surface area contributed by atoms with E-state index in [2.05, 4.69) is 20.5 Å². The van der Waals surface area contributed by atoms with Gasteiger partial charge in [-0.15, -0.1) is 0 Å². The molecule has 7 nitrogen and oxygen atoms in total. The number of hydrogen-bond donors (Lipinski definition) is 3. The van der Waals surface area contributed by atoms with Crippen LogP contribution >= 0.6 is 0 Å². The number of nitrogens with zero attached hydrogens (tertiary/aromatic N) is 3. The molecule has 2 heterocycles. The fourth-order valence-corrected chi connectivity index (χ4v) is 1.95. The van der Waals surface area contributed by atoms with Crippen LogP contribution in [0.5, 0.6) is 0 Å². The summed E-state index contributed by atoms with van der Waals surface area (Å²) in [7, 11) is 0. The van der Waals surface area contributed by atoms with E-state index in [0.29, 0.717) is 25.3 Å². The zero-order valence-corrected chi connectivity index (χ0v) is 11.6. The highest BCUT2D eigenvalue weighted by Gasteiger charge is 2.08. The number of hydrogen-bond acceptors (Lipinski definition) is 4. The fraction of sp³-hybridized carbons (Fsp3) is 0.462. The zero-order chi connectivity index (χ0) is 14.4. The molecule has 0 saturated carbocycles. The van der Waals surface area contributed by atoms with E-state index >= 15 is 0 Å². The lowest BCUT2D eigenvalue weighted by Gasteiger charge is -2.03. The van der Waals surface area contributed by atoms with Gasteiger partial charge in [-0.05, 0) is 25.3 Å². The lowest BCUT2D eigenvalue weighted by molar-refractivity contribution is 0.0948. The SMILES string of the molecule is Cc1[nH]ncc1CCCNC(=O)c1cn(CCN)cn1. The van der Waals surface area contributed by atoms with E-state index in [1.807, 2.05) is 17.7 Å². The molecule has 0 aliphatic rings. The number of nitrogens with two attached hydrogens (primary N) is 1. The number of carbonyl (C=O) groups excluding carboxylic acids is 1. The van der Waals surface area contributed by atoms with E-state index in [1.54, 1.807) is 12.5 Å². The zero-order valence-electron chi connectivity index (χ0n) is 11.6. The molecule has 2 aromatic heterocycles. The van der Waals surface area contributed by atoms with Crippen molar-refractivity contribution in [3.8, 4) is 0 Å². The predicted octanol–water partition coefficient (Wildman–Crippen LogP) is 0.236. The molecule has 108 valence electrons. The first kappa shape index (κ1) is 14.3. The molecule has 7 heteroatoms. The second-order valence-electron chi connectivity index (χ2n) is 4.67. The summed E-state index contributed by atoms with van der Waals surface area (Å²) in [5, 5.41) is 9.73. The smallest absolute Gasteiger partial charge is 0.271 e. The monoisotopic (exact) mass is 276 g/mol. The number of rotatable bonds is 7. The van der Waals surface area contributed by atoms with Crippen LogP contribution in [-0.2, 0) is 13.0 Å². The third kappa shape index (κ3) is 3.67. The summed E-state index contributed by atoms with van der Waals surface area (Å²) in [6.07, 6.45) is 6.92. The van der Waals surface area contributed by atoms with Crippen LogP contribution in [-0.4, -0.2) is 38.7 Å². The van der Waals surface area contributed by atoms with Gasteiger partial charge >= 0.3 is 0 Å². The van der Waals surface area contributed by atoms with Crippen molar-refractivity contribution in [2.24, 2.45) is 5.73 Å². The lowest BCUT2D eigenvalue weighted by Crippen LogP contribution is -2.25. The summed E-state index contributed by atoms with van der Waals surface area (Å²) >= 11 is 0. The number of imidazole rings is 1. The van der Waals surface area contributed by atoms with Crippen LogP contribution in [0.3, 0.4) is 0 Å². The highest BCUT2D eigenvalue weighted by Crippen LogP contribution is 2.05. The number of carbonyl (C=O) groups is 1. The largest absolute Gasteiger partial charge is 0.351 e. The summed E-state index contributed by atoms with van der Waals surface area (Å²) in [4.78, 5) is 15.9. The number of H-pyrrole nitrogens is 1. The minimum Gasteiger partial charge on any atom is -0.351 e. The topological polar surface area (TPSA) is 102 Å². The molecule has 2 rings (SSSR count). The molecule has 0 aliphatic carbocycles. The van der Waals surface area contributed by atoms with Gasteiger partial charge in [-0.25, -0.2) is 4.98 Å². The standard InChI is InChI=1S/C13H20N6O/c1-10-11(7-17-18-10)3-2-5-15-13(20)12-8-19(6-4-14)9-16-12/h7-9H,2-6,14H2,1H3,(H,15,20)(H,17,18). The molecule has 0 aliphatic heterocycles. The molecular formula is C13H20N6O. The average molecular weight is 276 g/mol. The van der Waals surface area contributed by atoms with Crippen LogP contribution in [0.25, 0.3) is 0 Å². The molecule has 0 aromatic carbocycles. The van der Waals surface area contributed by atoms with E-state index in [-0.39, 0.29) is 5.91 Å². The molecule has 2 aromatic rings. The van der Waals surface area contributed by atoms with Crippen LogP contribution in [0.15, 0.2) is 18.7 Å². The minimum absolute atomic E-state index is 0.148. The molecule has 0 saturated heterocycles. The maximum absolute atomic E-state index is 11.9. The molecular weight excluding hydrogens is 256 g/mol. The number of nitrogens with one attached hydrogen (secondary N) is 2. The van der Waals surface area contributed by atoms with Crippen LogP contribution in [0.1, 0.15) is 28.2 Å². The molecule has 0 radical (unpaired) electrons. The van der Waals surface area contributed by atoms with Gasteiger partial charge in [-0.1, -0.05) is 0 Å². The van der Waals surface area contributed by atoms with Gasteiger partial charge in [0.05, 0.1) is 12.5 Å². The summed E-state index contributed by atoms with van der Waals surface area (Å²) in [6, 6.07) is 0. The Morgan fingerprint density at radius 3 is 3.10 bits per heavy atom. The Hall–Kier alpha value is -2.15. The van der Waals surface area contributed by atoms with Crippen molar-refractivity contribution in [3.05, 3.63) is 35.7 Å². The number of aryl methyl sites for hydroxylation is 2. The van der Waals surface area contributed by atoms with Crippen LogP contribution in [0.4, 0.5) is 0 Å². The average Bonchev–Trinajstić information content (AvgIpc) is 3.05. The number of amides is 1. The van der Waals surface area contributed by atoms with Gasteiger partial charge in [0.15, 0.2) is 0 Å². The quantitative estimate of drug-likeness (QED) is 0.630. The number of aromatic amines is 1. The Bertz CT molecular complexity index is 559. The summed E-state index contributed by atoms with van der Waals surface area (Å²) in [6.45, 7) is 3.81. The minimum atomic E-state index is -0.148. The molecule has 1 amide bonds. The third-order valence-corrected chi connectivity index (χ3v) is 3.10. The van der Waals surface area contributed by atoms with E-state index < -0.39 is 0 Å². The molecule has 0 spiro atoms. The summed E-state index contributed by atoms with van der Waals surface area (Å²) < 4.78 is 1.81. The van der Waals surface area contributed by atoms with Gasteiger partial charge in [-0.2, -0.15) is 5.10 Å². The van der Waals surface area contributed by atoms with Gasteiger partial charge in [-0.3, -0.25) is 9.89 Å². The first-order chi connectivity index (χ1) is 9.70. The van der Waals surface area contributed by atoms with E-state index in [1.165, 1.54) is 5.56 Å². The molecule has 20 heavy (non-hydrogen) atoms. The fourth-order valence-electron chi connectivity index (χ4n) is 1.95. The summed E-state index contributed by atoms with van der Waals surface area (Å²) in [5.41, 5.74) is 8.14. The Balaban J connectivity index is 1.73. The van der Waals surface area contributed by atoms with Crippen molar-refractivity contribution in [2.75, 3.05) is 13.1 Å². The van der Waals surface area contributed by atoms with Crippen molar-refractivity contribution in [2.45, 2.75) is 26.3 Å². The maximum Gasteiger partial charge on any atom is 0.271 e.